The number of rotatable bonds is 3. The third kappa shape index (κ3) is 3.23. The van der Waals surface area contributed by atoms with Crippen molar-refractivity contribution in [3.63, 3.8) is 0 Å². The van der Waals surface area contributed by atoms with E-state index in [1.54, 1.807) is 12.1 Å². The molecule has 4 N–H and O–H groups in total. The summed E-state index contributed by atoms with van der Waals surface area (Å²) in [5.74, 6) is -0.845. The van der Waals surface area contributed by atoms with Crippen LogP contribution in [0, 0.1) is 0 Å². The molecule has 9 heteroatoms. The number of fused-ring (bicyclic) bond motifs is 1. The molecule has 0 fully saturated rings. The van der Waals surface area contributed by atoms with Crippen LogP contribution in [0.15, 0.2) is 63.7 Å². The Bertz CT molecular complexity index is 1110. The minimum atomic E-state index is -4.56. The number of nitrogens with zero attached hydrogens (tertiary/aromatic N) is 2. The molecule has 25 heavy (non-hydrogen) atoms. The molecule has 0 aliphatic heterocycles. The average molecular weight is 360 g/mol. The van der Waals surface area contributed by atoms with Gasteiger partial charge in [-0.05, 0) is 18.2 Å². The van der Waals surface area contributed by atoms with E-state index in [1.807, 2.05) is 0 Å². The molecular formula is C16H12N2O6S. The van der Waals surface area contributed by atoms with E-state index >= 15 is 0 Å². The van der Waals surface area contributed by atoms with Gasteiger partial charge in [-0.2, -0.15) is 8.42 Å². The first-order valence-corrected chi connectivity index (χ1v) is 8.37. The predicted molar refractivity (Wildman–Crippen MR) is 89.4 cm³/mol. The first-order valence-electron chi connectivity index (χ1n) is 6.93. The van der Waals surface area contributed by atoms with Crippen molar-refractivity contribution >= 4 is 32.3 Å². The Labute approximate surface area is 142 Å². The summed E-state index contributed by atoms with van der Waals surface area (Å²) in [5.41, 5.74) is -0.211. The molecule has 0 saturated heterocycles. The lowest BCUT2D eigenvalue weighted by Gasteiger charge is -2.08. The van der Waals surface area contributed by atoms with Gasteiger partial charge in [-0.3, -0.25) is 4.55 Å². The van der Waals surface area contributed by atoms with Crippen molar-refractivity contribution in [2.45, 2.75) is 4.90 Å². The van der Waals surface area contributed by atoms with Gasteiger partial charge in [0.15, 0.2) is 5.75 Å². The van der Waals surface area contributed by atoms with Crippen molar-refractivity contribution in [1.29, 1.82) is 0 Å². The molecule has 0 aromatic heterocycles. The molecule has 3 rings (SSSR count). The van der Waals surface area contributed by atoms with Crippen molar-refractivity contribution in [2.24, 2.45) is 10.2 Å². The largest absolute Gasteiger partial charge is 0.508 e. The van der Waals surface area contributed by atoms with Gasteiger partial charge >= 0.3 is 0 Å². The fourth-order valence-electron chi connectivity index (χ4n) is 2.31. The van der Waals surface area contributed by atoms with Crippen LogP contribution in [-0.2, 0) is 10.1 Å². The van der Waals surface area contributed by atoms with Crippen LogP contribution < -0.4 is 0 Å². The van der Waals surface area contributed by atoms with Crippen LogP contribution in [0.2, 0.25) is 0 Å². The maximum absolute atomic E-state index is 11.6. The van der Waals surface area contributed by atoms with Crippen LogP contribution in [-0.4, -0.2) is 28.3 Å². The third-order valence-electron chi connectivity index (χ3n) is 3.46. The van der Waals surface area contributed by atoms with Gasteiger partial charge in [0.2, 0.25) is 0 Å². The maximum Gasteiger partial charge on any atom is 0.295 e. The van der Waals surface area contributed by atoms with Crippen LogP contribution in [0.4, 0.5) is 11.4 Å². The summed E-state index contributed by atoms with van der Waals surface area (Å²) in [5, 5.41) is 37.0. The molecule has 0 atom stereocenters. The van der Waals surface area contributed by atoms with Crippen molar-refractivity contribution < 1.29 is 28.3 Å². The predicted octanol–water partition coefficient (Wildman–Crippen LogP) is 3.62. The number of phenols is 3. The van der Waals surface area contributed by atoms with E-state index < -0.39 is 15.0 Å². The smallest absolute Gasteiger partial charge is 0.295 e. The van der Waals surface area contributed by atoms with Gasteiger partial charge in [-0.25, -0.2) is 0 Å². The first-order chi connectivity index (χ1) is 11.8. The Morgan fingerprint density at radius 3 is 2.08 bits per heavy atom. The van der Waals surface area contributed by atoms with Gasteiger partial charge < -0.3 is 15.3 Å². The fraction of sp³-hybridized carbons (Fsp3) is 0. The first kappa shape index (κ1) is 16.7. The molecule has 3 aromatic rings. The van der Waals surface area contributed by atoms with Crippen LogP contribution in [0.25, 0.3) is 10.8 Å². The van der Waals surface area contributed by atoms with Crippen molar-refractivity contribution in [3.8, 4) is 17.2 Å². The van der Waals surface area contributed by atoms with E-state index in [9.17, 15) is 28.3 Å². The van der Waals surface area contributed by atoms with E-state index in [1.165, 1.54) is 24.3 Å². The summed E-state index contributed by atoms with van der Waals surface area (Å²) in [7, 11) is -4.56. The zero-order valence-corrected chi connectivity index (χ0v) is 13.3. The lowest BCUT2D eigenvalue weighted by atomic mass is 10.1. The van der Waals surface area contributed by atoms with Gasteiger partial charge in [-0.15, -0.1) is 10.2 Å². The number of aromatic hydroxyl groups is 3. The van der Waals surface area contributed by atoms with Gasteiger partial charge in [0, 0.05) is 16.8 Å². The van der Waals surface area contributed by atoms with Crippen LogP contribution in [0.5, 0.6) is 17.2 Å². The van der Waals surface area contributed by atoms with Gasteiger partial charge in [0.25, 0.3) is 10.1 Å². The van der Waals surface area contributed by atoms with Crippen molar-refractivity contribution in [1.82, 2.24) is 0 Å². The SMILES string of the molecule is O=S(=O)(O)c1cc(N=Nc2ccc(O)cc2O)c(O)c2ccccc12. The number of hydrogen-bond acceptors (Lipinski definition) is 7. The molecule has 128 valence electrons. The van der Waals surface area contributed by atoms with Gasteiger partial charge in [0.05, 0.1) is 0 Å². The monoisotopic (exact) mass is 360 g/mol. The molecule has 3 aromatic carbocycles. The molecule has 0 radical (unpaired) electrons. The molecule has 0 saturated carbocycles. The molecule has 0 spiro atoms. The Hall–Kier alpha value is -3.17. The zero-order chi connectivity index (χ0) is 18.2. The minimum Gasteiger partial charge on any atom is -0.508 e. The second-order valence-electron chi connectivity index (χ2n) is 5.14. The summed E-state index contributed by atoms with van der Waals surface area (Å²) in [6, 6.07) is 10.6. The van der Waals surface area contributed by atoms with E-state index in [4.69, 9.17) is 0 Å². The normalized spacial score (nSPS) is 12.0. The standard InChI is InChI=1S/C16H12N2O6S/c19-9-5-6-12(14(20)7-9)17-18-13-8-15(25(22,23)24)10-3-1-2-4-11(10)16(13)21/h1-8,19-21H,(H,22,23,24). The Morgan fingerprint density at radius 1 is 0.800 bits per heavy atom. The third-order valence-corrected chi connectivity index (χ3v) is 4.35. The molecule has 0 unspecified atom stereocenters. The van der Waals surface area contributed by atoms with E-state index in [2.05, 4.69) is 10.2 Å². The molecule has 0 aliphatic carbocycles. The topological polar surface area (TPSA) is 140 Å². The Balaban J connectivity index is 2.19. The highest BCUT2D eigenvalue weighted by atomic mass is 32.2. The molecule has 0 heterocycles. The summed E-state index contributed by atoms with van der Waals surface area (Å²) >= 11 is 0. The summed E-state index contributed by atoms with van der Waals surface area (Å²) < 4.78 is 32.6. The Morgan fingerprint density at radius 2 is 1.44 bits per heavy atom. The number of benzene rings is 3. The summed E-state index contributed by atoms with van der Waals surface area (Å²) in [6.45, 7) is 0. The molecule has 0 amide bonds. The van der Waals surface area contributed by atoms with Crippen LogP contribution >= 0.6 is 0 Å². The van der Waals surface area contributed by atoms with Gasteiger partial charge in [0.1, 0.15) is 27.8 Å². The number of hydrogen-bond donors (Lipinski definition) is 4. The summed E-state index contributed by atoms with van der Waals surface area (Å²) in [4.78, 5) is -0.426. The highest BCUT2D eigenvalue weighted by molar-refractivity contribution is 7.86. The van der Waals surface area contributed by atoms with E-state index in [0.717, 1.165) is 12.1 Å². The molecular weight excluding hydrogens is 348 g/mol. The second-order valence-corrected chi connectivity index (χ2v) is 6.53. The number of azo groups is 1. The lowest BCUT2D eigenvalue weighted by Crippen LogP contribution is -1.99. The lowest BCUT2D eigenvalue weighted by molar-refractivity contribution is 0.451. The average Bonchev–Trinajstić information content (AvgIpc) is 2.54. The highest BCUT2D eigenvalue weighted by Gasteiger charge is 2.19. The molecule has 0 aliphatic rings. The quantitative estimate of drug-likeness (QED) is 0.415. The van der Waals surface area contributed by atoms with Crippen molar-refractivity contribution in [2.75, 3.05) is 0 Å². The van der Waals surface area contributed by atoms with Gasteiger partial charge in [-0.1, -0.05) is 24.3 Å². The van der Waals surface area contributed by atoms with Crippen molar-refractivity contribution in [3.05, 3.63) is 48.5 Å². The zero-order valence-electron chi connectivity index (χ0n) is 12.5. The fourth-order valence-corrected chi connectivity index (χ4v) is 3.02. The van der Waals surface area contributed by atoms with E-state index in [-0.39, 0.29) is 39.4 Å². The molecule has 8 nitrogen and oxygen atoms in total. The highest BCUT2D eigenvalue weighted by Crippen LogP contribution is 2.40. The van der Waals surface area contributed by atoms with E-state index in [0.29, 0.717) is 0 Å². The Kier molecular flexibility index (Phi) is 4.03. The maximum atomic E-state index is 11.6. The second kappa shape index (κ2) is 6.04. The van der Waals surface area contributed by atoms with Crippen LogP contribution in [0.3, 0.4) is 0 Å². The minimum absolute atomic E-state index is 0.00114. The number of phenolic OH excluding ortho intramolecular Hbond substituents is 3. The molecule has 0 bridgehead atoms. The summed E-state index contributed by atoms with van der Waals surface area (Å²) in [6.07, 6.45) is 0. The van der Waals surface area contributed by atoms with Crippen LogP contribution in [0.1, 0.15) is 0 Å².